The average Bonchev–Trinajstić information content (AvgIpc) is 3.14. The Labute approximate surface area is 182 Å². The Hall–Kier alpha value is -1.56. The molecule has 2 unspecified atom stereocenters. The van der Waals surface area contributed by atoms with Gasteiger partial charge in [0.15, 0.2) is 0 Å². The number of aliphatic carboxylic acids is 1. The van der Waals surface area contributed by atoms with Crippen LogP contribution in [0.5, 0.6) is 0 Å². The largest absolute Gasteiger partial charge is 0.481 e. The molecule has 3 aliphatic rings. The molecule has 0 radical (unpaired) electrons. The Balaban J connectivity index is 1.32. The van der Waals surface area contributed by atoms with Crippen molar-refractivity contribution in [3.8, 4) is 0 Å². The van der Waals surface area contributed by atoms with E-state index in [2.05, 4.69) is 15.5 Å². The smallest absolute Gasteiger partial charge is 0.309 e. The van der Waals surface area contributed by atoms with Crippen molar-refractivity contribution in [2.24, 2.45) is 5.92 Å². The lowest BCUT2D eigenvalue weighted by atomic mass is 9.98. The predicted molar refractivity (Wildman–Crippen MR) is 113 cm³/mol. The third-order valence-corrected chi connectivity index (χ3v) is 7.21. The zero-order valence-corrected chi connectivity index (χ0v) is 17.9. The van der Waals surface area contributed by atoms with Gasteiger partial charge in [-0.05, 0) is 17.9 Å². The van der Waals surface area contributed by atoms with Gasteiger partial charge in [-0.2, -0.15) is 0 Å². The van der Waals surface area contributed by atoms with Gasteiger partial charge >= 0.3 is 5.97 Å². The van der Waals surface area contributed by atoms with Crippen molar-refractivity contribution in [1.29, 1.82) is 0 Å². The summed E-state index contributed by atoms with van der Waals surface area (Å²) in [6, 6.07) is 0. The molecule has 0 bridgehead atoms. The van der Waals surface area contributed by atoms with Gasteiger partial charge in [0.25, 0.3) is 0 Å². The lowest BCUT2D eigenvalue weighted by Crippen LogP contribution is -2.49. The van der Waals surface area contributed by atoms with Gasteiger partial charge in [-0.25, -0.2) is 8.78 Å². The second-order valence-electron chi connectivity index (χ2n) is 7.24. The molecule has 1 aliphatic carbocycles. The maximum absolute atomic E-state index is 13.9. The molecule has 1 fully saturated rings. The van der Waals surface area contributed by atoms with Gasteiger partial charge in [0.05, 0.1) is 24.9 Å². The second-order valence-corrected chi connectivity index (χ2v) is 9.62. The number of carboxylic acid groups (broad SMARTS) is 1. The quantitative estimate of drug-likeness (QED) is 0.482. The Kier molecular flexibility index (Phi) is 8.61. The summed E-state index contributed by atoms with van der Waals surface area (Å²) in [5.74, 6) is -2.08. The number of thioether (sulfide) groups is 2. The number of carbonyl (C=O) groups is 2. The van der Waals surface area contributed by atoms with Crippen LogP contribution in [-0.4, -0.2) is 71.2 Å². The minimum Gasteiger partial charge on any atom is -0.481 e. The molecule has 3 rings (SSSR count). The van der Waals surface area contributed by atoms with Crippen LogP contribution in [0.1, 0.15) is 12.8 Å². The first-order valence-electron chi connectivity index (χ1n) is 9.67. The van der Waals surface area contributed by atoms with E-state index < -0.39 is 17.6 Å². The summed E-state index contributed by atoms with van der Waals surface area (Å²) in [4.78, 5) is 24.9. The van der Waals surface area contributed by atoms with Crippen molar-refractivity contribution in [3.05, 3.63) is 34.9 Å². The summed E-state index contributed by atoms with van der Waals surface area (Å²) < 4.78 is 32.6. The van der Waals surface area contributed by atoms with E-state index in [1.54, 1.807) is 5.41 Å². The first-order valence-corrected chi connectivity index (χ1v) is 11.7. The highest BCUT2D eigenvalue weighted by Crippen LogP contribution is 2.30. The summed E-state index contributed by atoms with van der Waals surface area (Å²) in [6.07, 6.45) is 2.46. The molecule has 30 heavy (non-hydrogen) atoms. The van der Waals surface area contributed by atoms with Gasteiger partial charge in [-0.15, -0.1) is 11.8 Å². The topological polar surface area (TPSA) is 90.9 Å². The molecule has 0 spiro atoms. The van der Waals surface area contributed by atoms with E-state index in [-0.39, 0.29) is 34.8 Å². The number of hydrogen-bond donors (Lipinski definition) is 3. The fraction of sp³-hybridized carbons (Fsp3) is 0.579. The normalized spacial score (nSPS) is 27.0. The molecule has 3 atom stereocenters. The number of ether oxygens (including phenoxy) is 1. The molecule has 0 aromatic heterocycles. The van der Waals surface area contributed by atoms with E-state index in [4.69, 9.17) is 9.84 Å². The highest BCUT2D eigenvalue weighted by molar-refractivity contribution is 8.18. The molecule has 1 saturated heterocycles. The van der Waals surface area contributed by atoms with E-state index in [1.807, 2.05) is 0 Å². The van der Waals surface area contributed by atoms with Gasteiger partial charge in [0, 0.05) is 43.9 Å². The molecule has 3 N–H and O–H groups in total. The number of hydrogen-bond acceptors (Lipinski definition) is 7. The Morgan fingerprint density at radius 1 is 1.43 bits per heavy atom. The lowest BCUT2D eigenvalue weighted by Gasteiger charge is -2.35. The number of amides is 1. The molecule has 0 saturated carbocycles. The minimum absolute atomic E-state index is 0.0580. The van der Waals surface area contributed by atoms with Crippen molar-refractivity contribution in [1.82, 2.24) is 15.5 Å². The summed E-state index contributed by atoms with van der Waals surface area (Å²) in [5, 5.41) is 16.5. The molecule has 11 heteroatoms. The maximum Gasteiger partial charge on any atom is 0.309 e. The summed E-state index contributed by atoms with van der Waals surface area (Å²) >= 11 is 2.84. The fourth-order valence-electron chi connectivity index (χ4n) is 3.35. The van der Waals surface area contributed by atoms with Crippen LogP contribution in [0, 0.1) is 5.92 Å². The van der Waals surface area contributed by atoms with Crippen molar-refractivity contribution in [3.63, 3.8) is 0 Å². The van der Waals surface area contributed by atoms with Gasteiger partial charge < -0.3 is 20.5 Å². The van der Waals surface area contributed by atoms with E-state index in [0.717, 1.165) is 6.08 Å². The van der Waals surface area contributed by atoms with Gasteiger partial charge in [0.1, 0.15) is 16.4 Å². The molecule has 166 valence electrons. The van der Waals surface area contributed by atoms with Gasteiger partial charge in [0.2, 0.25) is 5.91 Å². The molecule has 2 aliphatic heterocycles. The molecule has 7 nitrogen and oxygen atoms in total. The molecular formula is C19H25F2N3O4S2. The Bertz CT molecular complexity index is 747. The predicted octanol–water partition coefficient (Wildman–Crippen LogP) is 2.20. The average molecular weight is 462 g/mol. The molecule has 1 amide bonds. The first-order chi connectivity index (χ1) is 14.4. The van der Waals surface area contributed by atoms with E-state index in [0.29, 0.717) is 44.9 Å². The van der Waals surface area contributed by atoms with E-state index in [1.165, 1.54) is 29.6 Å². The van der Waals surface area contributed by atoms with Crippen LogP contribution in [0.2, 0.25) is 0 Å². The number of nitrogens with one attached hydrogen (secondary N) is 2. The molecule has 0 aromatic rings. The highest BCUT2D eigenvalue weighted by Gasteiger charge is 2.26. The van der Waals surface area contributed by atoms with Gasteiger partial charge in [-0.1, -0.05) is 11.8 Å². The highest BCUT2D eigenvalue weighted by atomic mass is 32.2. The van der Waals surface area contributed by atoms with Crippen molar-refractivity contribution in [2.45, 2.75) is 23.7 Å². The van der Waals surface area contributed by atoms with Crippen LogP contribution in [0.4, 0.5) is 8.78 Å². The third kappa shape index (κ3) is 7.29. The number of nitrogens with zero attached hydrogens (tertiary/aromatic N) is 1. The zero-order chi connectivity index (χ0) is 21.5. The zero-order valence-electron chi connectivity index (χ0n) is 16.3. The number of halogens is 2. The molecule has 2 heterocycles. The van der Waals surface area contributed by atoms with Crippen LogP contribution in [0.15, 0.2) is 34.9 Å². The molecular weight excluding hydrogens is 436 g/mol. The third-order valence-electron chi connectivity index (χ3n) is 4.84. The summed E-state index contributed by atoms with van der Waals surface area (Å²) in [7, 11) is 0. The Morgan fingerprint density at radius 2 is 2.27 bits per heavy atom. The molecule has 0 aromatic carbocycles. The summed E-state index contributed by atoms with van der Waals surface area (Å²) in [6.45, 7) is 2.60. The monoisotopic (exact) mass is 461 g/mol. The van der Waals surface area contributed by atoms with E-state index >= 15 is 0 Å². The van der Waals surface area contributed by atoms with Crippen LogP contribution >= 0.6 is 23.5 Å². The second kappa shape index (κ2) is 11.2. The number of morpholine rings is 1. The van der Waals surface area contributed by atoms with E-state index in [9.17, 15) is 18.4 Å². The standard InChI is InChI=1S/C19H25F2N3O4S2/c20-13-2-1-12(16(21)5-13)8-24-3-4-28-15(9-24)7-22-17(25)11-30-19-23-14(10-29-19)6-18(26)27/h2,5,10,12,15,19,23H,1,3-4,6-9,11H2,(H,22,25)(H,26,27)/t12?,15-,19?/m0/s1. The fourth-order valence-corrected chi connectivity index (χ4v) is 5.33. The number of carboxylic acids is 1. The Morgan fingerprint density at radius 3 is 3.03 bits per heavy atom. The van der Waals surface area contributed by atoms with Crippen LogP contribution in [0.25, 0.3) is 0 Å². The number of allylic oxidation sites excluding steroid dienone is 3. The first kappa shape index (κ1) is 23.1. The lowest BCUT2D eigenvalue weighted by molar-refractivity contribution is -0.136. The maximum atomic E-state index is 13.9. The summed E-state index contributed by atoms with van der Waals surface area (Å²) in [5.41, 5.74) is 0.642. The van der Waals surface area contributed by atoms with Crippen LogP contribution in [-0.2, 0) is 14.3 Å². The minimum atomic E-state index is -0.898. The SMILES string of the molecule is O=C(O)CC1=CSC(SCC(=O)NC[C@H]2CN(CC3CC=C(F)C=C3F)CCO2)N1. The number of rotatable bonds is 9. The number of carbonyl (C=O) groups excluding carboxylic acids is 1. The van der Waals surface area contributed by atoms with Crippen molar-refractivity contribution < 1.29 is 28.2 Å². The van der Waals surface area contributed by atoms with Crippen molar-refractivity contribution in [2.75, 3.05) is 38.5 Å². The van der Waals surface area contributed by atoms with Crippen LogP contribution < -0.4 is 10.6 Å². The van der Waals surface area contributed by atoms with Crippen molar-refractivity contribution >= 4 is 35.4 Å². The van der Waals surface area contributed by atoms with Crippen LogP contribution in [0.3, 0.4) is 0 Å². The van der Waals surface area contributed by atoms with Gasteiger partial charge in [-0.3, -0.25) is 14.5 Å².